The second-order valence-corrected chi connectivity index (χ2v) is 13.0. The number of hydrogen-bond donors (Lipinski definition) is 1. The summed E-state index contributed by atoms with van der Waals surface area (Å²) in [6.45, 7) is 3.24. The molecule has 1 saturated heterocycles. The van der Waals surface area contributed by atoms with Gasteiger partial charge in [-0.2, -0.15) is 0 Å². The Morgan fingerprint density at radius 1 is 1.07 bits per heavy atom. The number of rotatable bonds is 10. The predicted octanol–water partition coefficient (Wildman–Crippen LogP) is 4.35. The molecule has 3 aromatic carbocycles. The second-order valence-electron chi connectivity index (χ2n) is 11.1. The molecule has 10 nitrogen and oxygen atoms in total. The van der Waals surface area contributed by atoms with E-state index in [1.54, 1.807) is 55.5 Å². The molecule has 2 atom stereocenters. The third-order valence-corrected chi connectivity index (χ3v) is 9.92. The van der Waals surface area contributed by atoms with E-state index in [9.17, 15) is 27.5 Å². The van der Waals surface area contributed by atoms with Gasteiger partial charge >= 0.3 is 5.97 Å². The van der Waals surface area contributed by atoms with E-state index in [0.717, 1.165) is 5.56 Å². The number of aliphatic hydroxyl groups excluding tert-OH is 1. The number of esters is 1. The second kappa shape index (κ2) is 13.0. The summed E-state index contributed by atoms with van der Waals surface area (Å²) < 4.78 is 53.4. The lowest BCUT2D eigenvalue weighted by atomic mass is 9.99. The number of likely N-dealkylation sites (tertiary alicyclic amines) is 1. The SMILES string of the molecule is COC(=O)c1ccc(C(C(=O)N2CC[C@@H](F)C2)N(CO)Cc2c(OC)cc(C)c3c2ccn3S(=O)(=O)c2ccc(C)cc2)cc1. The minimum Gasteiger partial charge on any atom is -0.496 e. The van der Waals surface area contributed by atoms with Gasteiger partial charge in [0.1, 0.15) is 18.0 Å². The molecule has 0 saturated carbocycles. The van der Waals surface area contributed by atoms with Crippen LogP contribution in [0.2, 0.25) is 0 Å². The molecule has 4 aromatic rings. The number of nitrogens with zero attached hydrogens (tertiary/aromatic N) is 3. The maximum atomic E-state index is 14.2. The van der Waals surface area contributed by atoms with Crippen LogP contribution in [0.5, 0.6) is 5.75 Å². The van der Waals surface area contributed by atoms with Gasteiger partial charge in [0.15, 0.2) is 0 Å². The minimum atomic E-state index is -3.96. The zero-order valence-electron chi connectivity index (χ0n) is 25.6. The van der Waals surface area contributed by atoms with Gasteiger partial charge in [-0.25, -0.2) is 21.6 Å². The largest absolute Gasteiger partial charge is 0.496 e. The average Bonchev–Trinajstić information content (AvgIpc) is 3.69. The van der Waals surface area contributed by atoms with Crippen LogP contribution in [0.25, 0.3) is 10.9 Å². The van der Waals surface area contributed by atoms with Gasteiger partial charge in [-0.3, -0.25) is 9.69 Å². The summed E-state index contributed by atoms with van der Waals surface area (Å²) >= 11 is 0. The van der Waals surface area contributed by atoms with Crippen LogP contribution in [0, 0.1) is 13.8 Å². The molecule has 1 aliphatic heterocycles. The fraction of sp³-hybridized carbons (Fsp3) is 0.333. The lowest BCUT2D eigenvalue weighted by Crippen LogP contribution is -2.42. The van der Waals surface area contributed by atoms with Crippen LogP contribution >= 0.6 is 0 Å². The number of carbonyl (C=O) groups is 2. The number of halogens is 1. The summed E-state index contributed by atoms with van der Waals surface area (Å²) in [7, 11) is -1.19. The Hall–Kier alpha value is -4.26. The van der Waals surface area contributed by atoms with Crippen LogP contribution in [0.1, 0.15) is 45.1 Å². The first kappa shape index (κ1) is 32.1. The first-order chi connectivity index (χ1) is 21.5. The number of ether oxygens (including phenoxy) is 2. The molecule has 1 aromatic heterocycles. The molecule has 1 aliphatic rings. The third-order valence-electron chi connectivity index (χ3n) is 8.23. The van der Waals surface area contributed by atoms with Gasteiger partial charge in [-0.1, -0.05) is 29.8 Å². The van der Waals surface area contributed by atoms with E-state index < -0.39 is 40.8 Å². The van der Waals surface area contributed by atoms with E-state index in [-0.39, 0.29) is 36.5 Å². The average molecular weight is 638 g/mol. The maximum absolute atomic E-state index is 14.2. The Balaban J connectivity index is 1.60. The summed E-state index contributed by atoms with van der Waals surface area (Å²) in [4.78, 5) is 29.1. The monoisotopic (exact) mass is 637 g/mol. The first-order valence-electron chi connectivity index (χ1n) is 14.5. The van der Waals surface area contributed by atoms with Gasteiger partial charge in [0, 0.05) is 30.2 Å². The molecule has 1 N–H and O–H groups in total. The molecule has 0 spiro atoms. The number of alkyl halides is 1. The number of hydrogen-bond acceptors (Lipinski definition) is 8. The van der Waals surface area contributed by atoms with Gasteiger partial charge in [-0.15, -0.1) is 0 Å². The molecular weight excluding hydrogens is 601 g/mol. The molecule has 5 rings (SSSR count). The number of methoxy groups -OCH3 is 2. The first-order valence-corrected chi connectivity index (χ1v) is 15.9. The predicted molar refractivity (Wildman–Crippen MR) is 166 cm³/mol. The van der Waals surface area contributed by atoms with E-state index in [1.807, 2.05) is 6.92 Å². The number of benzene rings is 3. The molecule has 45 heavy (non-hydrogen) atoms. The number of aliphatic hydroxyl groups is 1. The van der Waals surface area contributed by atoms with Crippen molar-refractivity contribution in [3.8, 4) is 5.75 Å². The quantitative estimate of drug-likeness (QED) is 0.202. The summed E-state index contributed by atoms with van der Waals surface area (Å²) in [6.07, 6.45) is 0.554. The molecule has 0 aliphatic carbocycles. The summed E-state index contributed by atoms with van der Waals surface area (Å²) in [5.74, 6) is -0.502. The maximum Gasteiger partial charge on any atom is 0.337 e. The van der Waals surface area contributed by atoms with E-state index in [0.29, 0.717) is 33.3 Å². The van der Waals surface area contributed by atoms with Crippen molar-refractivity contribution in [2.75, 3.05) is 34.0 Å². The molecule has 1 amide bonds. The van der Waals surface area contributed by atoms with Crippen LogP contribution in [0.4, 0.5) is 4.39 Å². The van der Waals surface area contributed by atoms with Crippen molar-refractivity contribution < 1.29 is 37.0 Å². The zero-order valence-corrected chi connectivity index (χ0v) is 26.4. The molecule has 0 radical (unpaired) electrons. The molecule has 2 heterocycles. The molecular formula is C33H36FN3O7S. The standard InChI is InChI=1S/C33H36FN3O7S/c1-21-5-11-26(12-6-21)45(41,42)37-16-14-27-28(29(43-3)17-22(2)30(27)37)19-36(20-38)31(32(39)35-15-13-25(34)18-35)23-7-9-24(10-8-23)33(40)44-4/h5-12,14,16-17,25,31,38H,13,15,18-20H2,1-4H3/t25-,31?/m1/s1. The summed E-state index contributed by atoms with van der Waals surface area (Å²) in [6, 6.07) is 15.2. The van der Waals surface area contributed by atoms with Crippen LogP contribution in [0.3, 0.4) is 0 Å². The Morgan fingerprint density at radius 3 is 2.33 bits per heavy atom. The highest BCUT2D eigenvalue weighted by atomic mass is 32.2. The van der Waals surface area contributed by atoms with Crippen molar-refractivity contribution >= 4 is 32.8 Å². The van der Waals surface area contributed by atoms with Crippen molar-refractivity contribution in [2.45, 2.75) is 43.9 Å². The van der Waals surface area contributed by atoms with Crippen LogP contribution in [-0.2, 0) is 26.1 Å². The summed E-state index contributed by atoms with van der Waals surface area (Å²) in [5.41, 5.74) is 3.34. The molecule has 238 valence electrons. The Labute approximate surface area is 261 Å². The van der Waals surface area contributed by atoms with Gasteiger partial charge in [-0.05, 0) is 67.8 Å². The zero-order chi connectivity index (χ0) is 32.5. The van der Waals surface area contributed by atoms with Crippen molar-refractivity contribution in [1.82, 2.24) is 13.8 Å². The van der Waals surface area contributed by atoms with Crippen LogP contribution in [0.15, 0.2) is 71.8 Å². The van der Waals surface area contributed by atoms with Crippen molar-refractivity contribution in [2.24, 2.45) is 0 Å². The fourth-order valence-electron chi connectivity index (χ4n) is 5.84. The molecule has 1 fully saturated rings. The number of carbonyl (C=O) groups excluding carboxylic acids is 2. The Kier molecular flexibility index (Phi) is 9.28. The normalized spacial score (nSPS) is 15.9. The van der Waals surface area contributed by atoms with Crippen molar-refractivity contribution in [3.63, 3.8) is 0 Å². The van der Waals surface area contributed by atoms with Crippen LogP contribution < -0.4 is 4.74 Å². The molecule has 12 heteroatoms. The topological polar surface area (TPSA) is 118 Å². The van der Waals surface area contributed by atoms with E-state index in [1.165, 1.54) is 46.3 Å². The van der Waals surface area contributed by atoms with Gasteiger partial charge in [0.2, 0.25) is 5.91 Å². The summed E-state index contributed by atoms with van der Waals surface area (Å²) in [5, 5.41) is 11.3. The number of fused-ring (bicyclic) bond motifs is 1. The van der Waals surface area contributed by atoms with E-state index >= 15 is 0 Å². The van der Waals surface area contributed by atoms with Gasteiger partial charge in [0.25, 0.3) is 10.0 Å². The van der Waals surface area contributed by atoms with Crippen molar-refractivity contribution in [3.05, 3.63) is 94.7 Å². The van der Waals surface area contributed by atoms with Gasteiger partial charge < -0.3 is 19.5 Å². The fourth-order valence-corrected chi connectivity index (χ4v) is 7.25. The molecule has 1 unspecified atom stereocenters. The smallest absolute Gasteiger partial charge is 0.337 e. The highest BCUT2D eigenvalue weighted by Gasteiger charge is 2.36. The van der Waals surface area contributed by atoms with Gasteiger partial charge in [0.05, 0.1) is 43.5 Å². The third kappa shape index (κ3) is 6.18. The Morgan fingerprint density at radius 2 is 1.76 bits per heavy atom. The molecule has 0 bridgehead atoms. The van der Waals surface area contributed by atoms with Crippen LogP contribution in [-0.4, -0.2) is 79.4 Å². The number of aromatic nitrogens is 1. The van der Waals surface area contributed by atoms with E-state index in [4.69, 9.17) is 9.47 Å². The lowest BCUT2D eigenvalue weighted by Gasteiger charge is -2.33. The number of amides is 1. The Bertz CT molecular complexity index is 1820. The minimum absolute atomic E-state index is 0.0207. The van der Waals surface area contributed by atoms with Crippen molar-refractivity contribution in [1.29, 1.82) is 0 Å². The van der Waals surface area contributed by atoms with E-state index in [2.05, 4.69) is 0 Å². The lowest BCUT2D eigenvalue weighted by molar-refractivity contribution is -0.138. The highest BCUT2D eigenvalue weighted by molar-refractivity contribution is 7.90. The highest BCUT2D eigenvalue weighted by Crippen LogP contribution is 2.37. The number of aryl methyl sites for hydroxylation is 2.